The fraction of sp³-hybridized carbons (Fsp3) is 0.318. The Bertz CT molecular complexity index is 856. The average molecular weight is 414 g/mol. The van der Waals surface area contributed by atoms with Crippen LogP contribution in [-0.4, -0.2) is 46.9 Å². The number of aryl methyl sites for hydroxylation is 1. The number of amides is 2. The molecular formula is C22H26N2O6. The summed E-state index contributed by atoms with van der Waals surface area (Å²) >= 11 is 0. The first-order chi connectivity index (χ1) is 14.3. The lowest BCUT2D eigenvalue weighted by Crippen LogP contribution is -2.44. The fourth-order valence-corrected chi connectivity index (χ4v) is 2.79. The number of carboxylic acids is 1. The summed E-state index contributed by atoms with van der Waals surface area (Å²) in [5, 5.41) is 24.1. The number of rotatable bonds is 10. The van der Waals surface area contributed by atoms with Gasteiger partial charge in [-0.05, 0) is 18.1 Å². The van der Waals surface area contributed by atoms with E-state index in [1.807, 2.05) is 55.5 Å². The molecule has 8 heteroatoms. The van der Waals surface area contributed by atoms with Crippen LogP contribution < -0.4 is 10.6 Å². The maximum Gasteiger partial charge on any atom is 0.407 e. The molecule has 8 nitrogen and oxygen atoms in total. The highest BCUT2D eigenvalue weighted by atomic mass is 16.5. The molecule has 0 unspecified atom stereocenters. The second kappa shape index (κ2) is 11.6. The minimum Gasteiger partial charge on any atom is -0.480 e. The molecule has 160 valence electrons. The Kier molecular flexibility index (Phi) is 8.83. The van der Waals surface area contributed by atoms with E-state index in [1.165, 1.54) is 0 Å². The number of ether oxygens (including phenoxy) is 1. The molecule has 4 N–H and O–H groups in total. The van der Waals surface area contributed by atoms with Gasteiger partial charge in [0.25, 0.3) is 0 Å². The van der Waals surface area contributed by atoms with Crippen LogP contribution in [0.25, 0.3) is 0 Å². The second-order valence-corrected chi connectivity index (χ2v) is 6.95. The molecule has 30 heavy (non-hydrogen) atoms. The summed E-state index contributed by atoms with van der Waals surface area (Å²) in [4.78, 5) is 35.2. The maximum atomic E-state index is 12.1. The van der Waals surface area contributed by atoms with Gasteiger partial charge in [-0.25, -0.2) is 9.59 Å². The van der Waals surface area contributed by atoms with Gasteiger partial charge in [0, 0.05) is 13.0 Å². The van der Waals surface area contributed by atoms with Gasteiger partial charge < -0.3 is 25.6 Å². The van der Waals surface area contributed by atoms with Crippen molar-refractivity contribution >= 4 is 18.0 Å². The highest BCUT2D eigenvalue weighted by Gasteiger charge is 2.22. The van der Waals surface area contributed by atoms with Gasteiger partial charge in [-0.15, -0.1) is 0 Å². The first-order valence-electron chi connectivity index (χ1n) is 9.54. The number of hydrogen-bond acceptors (Lipinski definition) is 5. The quantitative estimate of drug-likeness (QED) is 0.470. The first-order valence-corrected chi connectivity index (χ1v) is 9.54. The fourth-order valence-electron chi connectivity index (χ4n) is 2.79. The summed E-state index contributed by atoms with van der Waals surface area (Å²) in [6.45, 7) is 1.78. The molecule has 0 aromatic heterocycles. The van der Waals surface area contributed by atoms with E-state index in [0.29, 0.717) is 0 Å². The van der Waals surface area contributed by atoms with Crippen molar-refractivity contribution in [2.75, 3.05) is 6.54 Å². The zero-order chi connectivity index (χ0) is 21.9. The van der Waals surface area contributed by atoms with Crippen LogP contribution in [0, 0.1) is 6.92 Å². The lowest BCUT2D eigenvalue weighted by Gasteiger charge is -2.17. The zero-order valence-corrected chi connectivity index (χ0v) is 16.7. The molecule has 2 aromatic carbocycles. The Morgan fingerprint density at radius 2 is 1.73 bits per heavy atom. The largest absolute Gasteiger partial charge is 0.480 e. The van der Waals surface area contributed by atoms with Crippen molar-refractivity contribution in [3.8, 4) is 0 Å². The molecule has 0 saturated carbocycles. The Labute approximate surface area is 174 Å². The predicted molar refractivity (Wildman–Crippen MR) is 110 cm³/mol. The number of aliphatic hydroxyl groups excluding tert-OH is 1. The predicted octanol–water partition coefficient (Wildman–Crippen LogP) is 1.78. The molecule has 0 radical (unpaired) electrons. The van der Waals surface area contributed by atoms with Gasteiger partial charge in [0.1, 0.15) is 12.6 Å². The molecule has 2 atom stereocenters. The van der Waals surface area contributed by atoms with E-state index in [4.69, 9.17) is 4.74 Å². The molecular weight excluding hydrogens is 388 g/mol. The van der Waals surface area contributed by atoms with Crippen LogP contribution >= 0.6 is 0 Å². The average Bonchev–Trinajstić information content (AvgIpc) is 2.71. The molecule has 0 aliphatic heterocycles. The molecule has 0 fully saturated rings. The van der Waals surface area contributed by atoms with E-state index in [9.17, 15) is 24.6 Å². The zero-order valence-electron chi connectivity index (χ0n) is 16.7. The van der Waals surface area contributed by atoms with Crippen LogP contribution in [0.5, 0.6) is 0 Å². The van der Waals surface area contributed by atoms with Crippen LogP contribution in [0.2, 0.25) is 0 Å². The first kappa shape index (κ1) is 22.9. The SMILES string of the molecule is Cc1cccc(C[C@H](NC(=O)C[C@H](O)CNC(=O)OCc2ccccc2)C(=O)O)c1. The van der Waals surface area contributed by atoms with E-state index < -0.39 is 30.1 Å². The number of aliphatic hydroxyl groups is 1. The van der Waals surface area contributed by atoms with Gasteiger partial charge in [0.15, 0.2) is 0 Å². The van der Waals surface area contributed by atoms with Crippen LogP contribution in [0.1, 0.15) is 23.1 Å². The van der Waals surface area contributed by atoms with Crippen molar-refractivity contribution < 1.29 is 29.3 Å². The standard InChI is InChI=1S/C22H26N2O6/c1-15-6-5-9-17(10-15)11-19(21(27)28)24-20(26)12-18(25)13-23-22(29)30-14-16-7-3-2-4-8-16/h2-10,18-19,25H,11-14H2,1H3,(H,23,29)(H,24,26)(H,27,28)/t18-,19-/m0/s1. The minimum absolute atomic E-state index is 0.0858. The van der Waals surface area contributed by atoms with Crippen molar-refractivity contribution in [2.24, 2.45) is 0 Å². The number of hydrogen-bond donors (Lipinski definition) is 4. The second-order valence-electron chi connectivity index (χ2n) is 6.95. The molecule has 0 spiro atoms. The van der Waals surface area contributed by atoms with Crippen LogP contribution in [0.15, 0.2) is 54.6 Å². The molecule has 0 saturated heterocycles. The molecule has 2 rings (SSSR count). The van der Waals surface area contributed by atoms with Crippen LogP contribution in [0.4, 0.5) is 4.79 Å². The smallest absolute Gasteiger partial charge is 0.407 e. The minimum atomic E-state index is -1.18. The Morgan fingerprint density at radius 1 is 1.03 bits per heavy atom. The number of nitrogens with one attached hydrogen (secondary N) is 2. The third-order valence-electron chi connectivity index (χ3n) is 4.27. The van der Waals surface area contributed by atoms with Crippen LogP contribution in [-0.2, 0) is 27.4 Å². The van der Waals surface area contributed by atoms with E-state index >= 15 is 0 Å². The van der Waals surface area contributed by atoms with E-state index in [-0.39, 0.29) is 26.0 Å². The summed E-state index contributed by atoms with van der Waals surface area (Å²) in [7, 11) is 0. The topological polar surface area (TPSA) is 125 Å². The molecule has 0 heterocycles. The van der Waals surface area contributed by atoms with Gasteiger partial charge >= 0.3 is 12.1 Å². The van der Waals surface area contributed by atoms with E-state index in [0.717, 1.165) is 16.7 Å². The van der Waals surface area contributed by atoms with Gasteiger partial charge in [0.05, 0.1) is 12.5 Å². The summed E-state index contributed by atoms with van der Waals surface area (Å²) in [5.41, 5.74) is 2.59. The molecule has 0 bridgehead atoms. The third-order valence-corrected chi connectivity index (χ3v) is 4.27. The van der Waals surface area contributed by atoms with Gasteiger partial charge in [0.2, 0.25) is 5.91 Å². The summed E-state index contributed by atoms with van der Waals surface area (Å²) in [5.74, 6) is -1.79. The summed E-state index contributed by atoms with van der Waals surface area (Å²) in [6, 6.07) is 15.3. The highest BCUT2D eigenvalue weighted by Crippen LogP contribution is 2.08. The number of carbonyl (C=O) groups excluding carboxylic acids is 2. The Balaban J connectivity index is 1.73. The van der Waals surface area contributed by atoms with Gasteiger partial charge in [-0.2, -0.15) is 0 Å². The normalized spacial score (nSPS) is 12.5. The van der Waals surface area contributed by atoms with Crippen molar-refractivity contribution in [1.82, 2.24) is 10.6 Å². The third kappa shape index (κ3) is 8.32. The molecule has 0 aliphatic rings. The number of benzene rings is 2. The van der Waals surface area contributed by atoms with Gasteiger partial charge in [-0.3, -0.25) is 4.79 Å². The molecule has 0 aliphatic carbocycles. The van der Waals surface area contributed by atoms with Crippen molar-refractivity contribution in [3.63, 3.8) is 0 Å². The summed E-state index contributed by atoms with van der Waals surface area (Å²) in [6.07, 6.45) is -2.12. The monoisotopic (exact) mass is 414 g/mol. The Hall–Kier alpha value is -3.39. The molecule has 2 amide bonds. The number of aliphatic carboxylic acids is 1. The van der Waals surface area contributed by atoms with Crippen molar-refractivity contribution in [3.05, 3.63) is 71.3 Å². The lowest BCUT2D eigenvalue weighted by molar-refractivity contribution is -0.142. The lowest BCUT2D eigenvalue weighted by atomic mass is 10.0. The summed E-state index contributed by atoms with van der Waals surface area (Å²) < 4.78 is 5.02. The van der Waals surface area contributed by atoms with Crippen LogP contribution in [0.3, 0.4) is 0 Å². The number of carboxylic acid groups (broad SMARTS) is 1. The van der Waals surface area contributed by atoms with Crippen molar-refractivity contribution in [2.45, 2.75) is 38.5 Å². The van der Waals surface area contributed by atoms with Gasteiger partial charge in [-0.1, -0.05) is 60.2 Å². The number of alkyl carbamates (subject to hydrolysis) is 1. The number of carbonyl (C=O) groups is 3. The Morgan fingerprint density at radius 3 is 2.40 bits per heavy atom. The highest BCUT2D eigenvalue weighted by molar-refractivity contribution is 5.84. The molecule has 2 aromatic rings. The maximum absolute atomic E-state index is 12.1. The van der Waals surface area contributed by atoms with E-state index in [2.05, 4.69) is 10.6 Å². The van der Waals surface area contributed by atoms with Crippen molar-refractivity contribution in [1.29, 1.82) is 0 Å². The van der Waals surface area contributed by atoms with E-state index in [1.54, 1.807) is 6.07 Å².